The highest BCUT2D eigenvalue weighted by Crippen LogP contribution is 2.24. The number of carbonyl (C=O) groups excluding carboxylic acids is 1. The lowest BCUT2D eigenvalue weighted by atomic mass is 10.0. The number of carbonyl (C=O) groups is 1. The van der Waals surface area contributed by atoms with Gasteiger partial charge in [-0.05, 0) is 35.7 Å². The normalized spacial score (nSPS) is 10.5. The first-order valence-electron chi connectivity index (χ1n) is 6.24. The molecule has 0 bridgehead atoms. The number of para-hydroxylation sites is 1. The Bertz CT molecular complexity index is 593. The highest BCUT2D eigenvalue weighted by Gasteiger charge is 2.10. The lowest BCUT2D eigenvalue weighted by Gasteiger charge is -2.13. The molecule has 0 unspecified atom stereocenters. The summed E-state index contributed by atoms with van der Waals surface area (Å²) in [6.07, 6.45) is 0. The van der Waals surface area contributed by atoms with Gasteiger partial charge < -0.3 is 5.32 Å². The Morgan fingerprint density at radius 2 is 1.84 bits per heavy atom. The molecule has 0 aliphatic carbocycles. The van der Waals surface area contributed by atoms with Crippen LogP contribution in [0.4, 0.5) is 5.69 Å². The Morgan fingerprint density at radius 3 is 2.53 bits per heavy atom. The van der Waals surface area contributed by atoms with Crippen molar-refractivity contribution in [3.8, 4) is 0 Å². The summed E-state index contributed by atoms with van der Waals surface area (Å²) in [5.41, 5.74) is 2.67. The molecule has 0 radical (unpaired) electrons. The van der Waals surface area contributed by atoms with E-state index >= 15 is 0 Å². The second kappa shape index (κ2) is 6.02. The fraction of sp³-hybridized carbons (Fsp3) is 0.188. The number of amides is 1. The molecule has 0 saturated carbocycles. The van der Waals surface area contributed by atoms with Crippen molar-refractivity contribution in [3.63, 3.8) is 0 Å². The highest BCUT2D eigenvalue weighted by molar-refractivity contribution is 9.10. The van der Waals surface area contributed by atoms with E-state index in [1.807, 2.05) is 42.5 Å². The van der Waals surface area contributed by atoms with E-state index in [0.29, 0.717) is 11.5 Å². The average Bonchev–Trinajstić information content (AvgIpc) is 2.39. The monoisotopic (exact) mass is 317 g/mol. The van der Waals surface area contributed by atoms with Crippen molar-refractivity contribution in [2.75, 3.05) is 5.32 Å². The van der Waals surface area contributed by atoms with E-state index in [-0.39, 0.29) is 5.91 Å². The van der Waals surface area contributed by atoms with Crippen molar-refractivity contribution in [1.29, 1.82) is 0 Å². The lowest BCUT2D eigenvalue weighted by Crippen LogP contribution is -2.13. The van der Waals surface area contributed by atoms with Gasteiger partial charge in [-0.2, -0.15) is 0 Å². The van der Waals surface area contributed by atoms with Crippen LogP contribution in [0.25, 0.3) is 0 Å². The first-order chi connectivity index (χ1) is 9.08. The largest absolute Gasteiger partial charge is 0.322 e. The molecule has 0 aromatic heterocycles. The predicted molar refractivity (Wildman–Crippen MR) is 82.6 cm³/mol. The van der Waals surface area contributed by atoms with Gasteiger partial charge in [0.15, 0.2) is 0 Å². The van der Waals surface area contributed by atoms with Crippen LogP contribution in [0, 0.1) is 0 Å². The summed E-state index contributed by atoms with van der Waals surface area (Å²) in [6.45, 7) is 4.23. The van der Waals surface area contributed by atoms with Crippen LogP contribution in [0.2, 0.25) is 0 Å². The molecule has 1 N–H and O–H groups in total. The molecular formula is C16H16BrNO. The lowest BCUT2D eigenvalue weighted by molar-refractivity contribution is 0.102. The van der Waals surface area contributed by atoms with Crippen LogP contribution in [-0.2, 0) is 0 Å². The van der Waals surface area contributed by atoms with E-state index < -0.39 is 0 Å². The van der Waals surface area contributed by atoms with Crippen LogP contribution < -0.4 is 5.32 Å². The molecule has 2 aromatic rings. The summed E-state index contributed by atoms with van der Waals surface area (Å²) in [5, 5.41) is 2.98. The topological polar surface area (TPSA) is 29.1 Å². The molecule has 3 heteroatoms. The molecule has 0 aliphatic rings. The van der Waals surface area contributed by atoms with Gasteiger partial charge in [0.1, 0.15) is 0 Å². The smallest absolute Gasteiger partial charge is 0.255 e. The van der Waals surface area contributed by atoms with Crippen LogP contribution in [0.5, 0.6) is 0 Å². The van der Waals surface area contributed by atoms with Crippen LogP contribution in [-0.4, -0.2) is 5.91 Å². The van der Waals surface area contributed by atoms with Crippen LogP contribution in [0.3, 0.4) is 0 Å². The maximum absolute atomic E-state index is 12.2. The summed E-state index contributed by atoms with van der Waals surface area (Å²) >= 11 is 3.37. The molecule has 0 fully saturated rings. The van der Waals surface area contributed by atoms with Crippen LogP contribution in [0.15, 0.2) is 53.0 Å². The molecule has 0 saturated heterocycles. The third kappa shape index (κ3) is 3.44. The zero-order chi connectivity index (χ0) is 13.8. The second-order valence-electron chi connectivity index (χ2n) is 4.71. The molecular weight excluding hydrogens is 302 g/mol. The summed E-state index contributed by atoms with van der Waals surface area (Å²) in [7, 11) is 0. The molecule has 2 nitrogen and oxygen atoms in total. The van der Waals surface area contributed by atoms with Crippen molar-refractivity contribution in [1.82, 2.24) is 0 Å². The van der Waals surface area contributed by atoms with E-state index in [2.05, 4.69) is 35.1 Å². The van der Waals surface area contributed by atoms with Gasteiger partial charge in [0, 0.05) is 15.7 Å². The molecule has 2 aromatic carbocycles. The maximum atomic E-state index is 12.2. The molecule has 2 rings (SSSR count). The highest BCUT2D eigenvalue weighted by atomic mass is 79.9. The fourth-order valence-corrected chi connectivity index (χ4v) is 2.34. The predicted octanol–water partition coefficient (Wildman–Crippen LogP) is 4.82. The van der Waals surface area contributed by atoms with Crippen molar-refractivity contribution in [2.24, 2.45) is 0 Å². The number of anilines is 1. The molecule has 1 amide bonds. The van der Waals surface area contributed by atoms with Gasteiger partial charge >= 0.3 is 0 Å². The SMILES string of the molecule is CC(C)c1ccccc1NC(=O)c1cccc(Br)c1. The van der Waals surface area contributed by atoms with Gasteiger partial charge in [-0.15, -0.1) is 0 Å². The second-order valence-corrected chi connectivity index (χ2v) is 5.62. The number of hydrogen-bond donors (Lipinski definition) is 1. The maximum Gasteiger partial charge on any atom is 0.255 e. The Kier molecular flexibility index (Phi) is 4.38. The number of hydrogen-bond acceptors (Lipinski definition) is 1. The third-order valence-corrected chi connectivity index (χ3v) is 3.41. The van der Waals surface area contributed by atoms with Crippen molar-refractivity contribution in [3.05, 3.63) is 64.1 Å². The molecule has 0 atom stereocenters. The van der Waals surface area contributed by atoms with Crippen molar-refractivity contribution in [2.45, 2.75) is 19.8 Å². The zero-order valence-corrected chi connectivity index (χ0v) is 12.6. The number of rotatable bonds is 3. The molecule has 19 heavy (non-hydrogen) atoms. The first-order valence-corrected chi connectivity index (χ1v) is 7.03. The van der Waals surface area contributed by atoms with Crippen molar-refractivity contribution >= 4 is 27.5 Å². The minimum atomic E-state index is -0.0885. The summed E-state index contributed by atoms with van der Waals surface area (Å²) in [5.74, 6) is 0.286. The molecule has 0 heterocycles. The van der Waals surface area contributed by atoms with Crippen LogP contribution in [0.1, 0.15) is 35.7 Å². The fourth-order valence-electron chi connectivity index (χ4n) is 1.94. The van der Waals surface area contributed by atoms with Gasteiger partial charge in [0.05, 0.1) is 0 Å². The third-order valence-electron chi connectivity index (χ3n) is 2.92. The van der Waals surface area contributed by atoms with Gasteiger partial charge in [-0.1, -0.05) is 54.0 Å². The van der Waals surface area contributed by atoms with Gasteiger partial charge in [-0.3, -0.25) is 4.79 Å². The van der Waals surface area contributed by atoms with Crippen LogP contribution >= 0.6 is 15.9 Å². The van der Waals surface area contributed by atoms with E-state index in [1.54, 1.807) is 6.07 Å². The molecule has 98 valence electrons. The summed E-state index contributed by atoms with van der Waals surface area (Å²) in [6, 6.07) is 15.3. The Morgan fingerprint density at radius 1 is 1.11 bits per heavy atom. The summed E-state index contributed by atoms with van der Waals surface area (Å²) < 4.78 is 0.900. The van der Waals surface area contributed by atoms with E-state index in [1.165, 1.54) is 0 Å². The summed E-state index contributed by atoms with van der Waals surface area (Å²) in [4.78, 5) is 12.2. The zero-order valence-electron chi connectivity index (χ0n) is 11.0. The van der Waals surface area contributed by atoms with E-state index in [9.17, 15) is 4.79 Å². The Balaban J connectivity index is 2.24. The molecule has 0 aliphatic heterocycles. The van der Waals surface area contributed by atoms with Crippen molar-refractivity contribution < 1.29 is 4.79 Å². The minimum absolute atomic E-state index is 0.0885. The number of benzene rings is 2. The average molecular weight is 318 g/mol. The van der Waals surface area contributed by atoms with E-state index in [0.717, 1.165) is 15.7 Å². The Labute approximate surface area is 122 Å². The van der Waals surface area contributed by atoms with Gasteiger partial charge in [0.25, 0.3) is 5.91 Å². The van der Waals surface area contributed by atoms with Gasteiger partial charge in [-0.25, -0.2) is 0 Å². The first kappa shape index (κ1) is 13.8. The van der Waals surface area contributed by atoms with E-state index in [4.69, 9.17) is 0 Å². The number of halogens is 1. The number of nitrogens with one attached hydrogen (secondary N) is 1. The quantitative estimate of drug-likeness (QED) is 0.863. The Hall–Kier alpha value is -1.61. The minimum Gasteiger partial charge on any atom is -0.322 e. The standard InChI is InChI=1S/C16H16BrNO/c1-11(2)14-8-3-4-9-15(14)18-16(19)12-6-5-7-13(17)10-12/h3-11H,1-2H3,(H,18,19). The molecule has 0 spiro atoms. The van der Waals surface area contributed by atoms with Gasteiger partial charge in [0.2, 0.25) is 0 Å².